The van der Waals surface area contributed by atoms with E-state index in [0.29, 0.717) is 6.54 Å². The lowest BCUT2D eigenvalue weighted by molar-refractivity contribution is -0.697. The van der Waals surface area contributed by atoms with Crippen LogP contribution in [0, 0.1) is 5.92 Å². The summed E-state index contributed by atoms with van der Waals surface area (Å²) < 4.78 is 4.01. The molecular formula is C28H42N4O+2. The fraction of sp³-hybridized carbons (Fsp3) is 0.607. The van der Waals surface area contributed by atoms with E-state index in [0.717, 1.165) is 37.8 Å². The van der Waals surface area contributed by atoms with Gasteiger partial charge in [0.1, 0.15) is 13.1 Å². The number of carbonyl (C=O) groups is 1. The van der Waals surface area contributed by atoms with E-state index in [2.05, 4.69) is 57.9 Å². The van der Waals surface area contributed by atoms with Gasteiger partial charge in [0.2, 0.25) is 0 Å². The first-order chi connectivity index (χ1) is 16.2. The van der Waals surface area contributed by atoms with Crippen molar-refractivity contribution in [2.24, 2.45) is 5.92 Å². The first-order valence-electron chi connectivity index (χ1n) is 13.2. The maximum absolute atomic E-state index is 12.8. The summed E-state index contributed by atoms with van der Waals surface area (Å²) in [5, 5.41) is 0. The minimum atomic E-state index is 0.151. The molecule has 1 saturated heterocycles. The molecule has 0 bridgehead atoms. The molecule has 0 radical (unpaired) electrons. The average Bonchev–Trinajstić information content (AvgIpc) is 3.52. The third kappa shape index (κ3) is 7.18. The number of rotatable bonds is 11. The van der Waals surface area contributed by atoms with Crippen LogP contribution in [0.25, 0.3) is 11.1 Å². The van der Waals surface area contributed by atoms with Crippen LogP contribution in [0.4, 0.5) is 0 Å². The third-order valence-electron chi connectivity index (χ3n) is 7.34. The zero-order chi connectivity index (χ0) is 22.9. The Hall–Kier alpha value is -2.11. The second-order valence-corrected chi connectivity index (χ2v) is 10.0. The van der Waals surface area contributed by atoms with Crippen molar-refractivity contribution in [3.8, 4) is 11.1 Å². The molecule has 1 aliphatic carbocycles. The molecule has 5 nitrogen and oxygen atoms in total. The quantitative estimate of drug-likeness (QED) is 0.378. The van der Waals surface area contributed by atoms with Crippen LogP contribution in [0.5, 0.6) is 0 Å². The van der Waals surface area contributed by atoms with E-state index in [1.165, 1.54) is 69.9 Å². The molecule has 4 rings (SSSR count). The molecule has 33 heavy (non-hydrogen) atoms. The molecule has 2 aliphatic rings. The van der Waals surface area contributed by atoms with Crippen LogP contribution in [0.3, 0.4) is 0 Å². The van der Waals surface area contributed by atoms with Gasteiger partial charge in [0.25, 0.3) is 0 Å². The van der Waals surface area contributed by atoms with Crippen LogP contribution in [-0.2, 0) is 6.54 Å². The molecule has 2 aromatic heterocycles. The Morgan fingerprint density at radius 2 is 1.52 bits per heavy atom. The molecule has 2 fully saturated rings. The Morgan fingerprint density at radius 1 is 0.879 bits per heavy atom. The molecule has 0 spiro atoms. The Labute approximate surface area is 200 Å². The maximum Gasteiger partial charge on any atom is 0.406 e. The van der Waals surface area contributed by atoms with E-state index >= 15 is 0 Å². The molecule has 5 heteroatoms. The molecule has 1 aliphatic heterocycles. The van der Waals surface area contributed by atoms with Gasteiger partial charge in [-0.3, -0.25) is 9.80 Å². The second-order valence-electron chi connectivity index (χ2n) is 10.0. The summed E-state index contributed by atoms with van der Waals surface area (Å²) in [7, 11) is 0. The highest BCUT2D eigenvalue weighted by molar-refractivity contribution is 5.69. The SMILES string of the molecule is CCCCCCC[n+]1ccc(-c2cc[n+](C(=O)CN3CCN(CC4CCCC4)C3)cc2)cc1. The number of pyridine rings is 2. The highest BCUT2D eigenvalue weighted by Gasteiger charge is 2.27. The monoisotopic (exact) mass is 450 g/mol. The molecule has 0 aromatic carbocycles. The third-order valence-corrected chi connectivity index (χ3v) is 7.34. The van der Waals surface area contributed by atoms with E-state index in [1.54, 1.807) is 4.57 Å². The Morgan fingerprint density at radius 3 is 2.21 bits per heavy atom. The van der Waals surface area contributed by atoms with Crippen LogP contribution in [-0.4, -0.2) is 48.6 Å². The highest BCUT2D eigenvalue weighted by atomic mass is 16.2. The molecular weight excluding hydrogens is 408 g/mol. The largest absolute Gasteiger partial charge is 0.406 e. The van der Waals surface area contributed by atoms with Gasteiger partial charge < -0.3 is 0 Å². The maximum atomic E-state index is 12.8. The second kappa shape index (κ2) is 12.4. The van der Waals surface area contributed by atoms with Gasteiger partial charge in [-0.1, -0.05) is 39.0 Å². The van der Waals surface area contributed by atoms with Crippen molar-refractivity contribution < 1.29 is 13.9 Å². The predicted molar refractivity (Wildman–Crippen MR) is 132 cm³/mol. The van der Waals surface area contributed by atoms with E-state index in [-0.39, 0.29) is 5.91 Å². The fourth-order valence-electron chi connectivity index (χ4n) is 5.30. The first kappa shape index (κ1) is 24.0. The molecule has 0 atom stereocenters. The van der Waals surface area contributed by atoms with Crippen molar-refractivity contribution in [1.82, 2.24) is 9.80 Å². The number of aromatic nitrogens is 2. The van der Waals surface area contributed by atoms with Gasteiger partial charge in [-0.05, 0) is 36.3 Å². The molecule has 0 unspecified atom stereocenters. The van der Waals surface area contributed by atoms with Crippen LogP contribution in [0.1, 0.15) is 69.5 Å². The van der Waals surface area contributed by atoms with Gasteiger partial charge in [0, 0.05) is 50.3 Å². The molecule has 178 valence electrons. The number of unbranched alkanes of at least 4 members (excludes halogenated alkanes) is 4. The van der Waals surface area contributed by atoms with E-state index in [4.69, 9.17) is 0 Å². The lowest BCUT2D eigenvalue weighted by Crippen LogP contribution is -2.48. The standard InChI is InChI=1S/C28H42N4O/c1-2-3-4-5-8-15-29-16-11-26(12-17-29)27-13-18-32(19-14-27)28(33)23-31-21-20-30(24-31)22-25-9-6-7-10-25/h11-14,16-19,25H,2-10,15,20-24H2,1H3/q+2. The van der Waals surface area contributed by atoms with Gasteiger partial charge in [0.15, 0.2) is 24.8 Å². The molecule has 0 amide bonds. The fourth-order valence-corrected chi connectivity index (χ4v) is 5.30. The molecule has 1 saturated carbocycles. The number of hydrogen-bond acceptors (Lipinski definition) is 3. The summed E-state index contributed by atoms with van der Waals surface area (Å²) in [6.45, 7) is 8.08. The van der Waals surface area contributed by atoms with Crippen molar-refractivity contribution in [3.05, 3.63) is 49.1 Å². The minimum absolute atomic E-state index is 0.151. The lowest BCUT2D eigenvalue weighted by atomic mass is 10.1. The minimum Gasteiger partial charge on any atom is -0.289 e. The van der Waals surface area contributed by atoms with Crippen molar-refractivity contribution >= 4 is 5.91 Å². The predicted octanol–water partition coefficient (Wildman–Crippen LogP) is 4.30. The first-order valence-corrected chi connectivity index (χ1v) is 13.2. The summed E-state index contributed by atoms with van der Waals surface area (Å²) in [5.74, 6) is 1.03. The Bertz CT molecular complexity index is 858. The smallest absolute Gasteiger partial charge is 0.289 e. The summed E-state index contributed by atoms with van der Waals surface area (Å²) >= 11 is 0. The number of aryl methyl sites for hydroxylation is 1. The van der Waals surface area contributed by atoms with E-state index in [1.807, 2.05) is 12.4 Å². The van der Waals surface area contributed by atoms with Crippen LogP contribution in [0.2, 0.25) is 0 Å². The van der Waals surface area contributed by atoms with Crippen molar-refractivity contribution in [3.63, 3.8) is 0 Å². The molecule has 3 heterocycles. The zero-order valence-electron chi connectivity index (χ0n) is 20.5. The molecule has 0 N–H and O–H groups in total. The Balaban J connectivity index is 1.23. The van der Waals surface area contributed by atoms with E-state index < -0.39 is 0 Å². The summed E-state index contributed by atoms with van der Waals surface area (Å²) in [6.07, 6.45) is 20.3. The number of nitrogens with zero attached hydrogens (tertiary/aromatic N) is 4. The lowest BCUT2D eigenvalue weighted by Gasteiger charge is -2.20. The topological polar surface area (TPSA) is 31.3 Å². The molecule has 2 aromatic rings. The average molecular weight is 451 g/mol. The van der Waals surface area contributed by atoms with Crippen molar-refractivity contribution in [1.29, 1.82) is 0 Å². The number of carbonyl (C=O) groups excluding carboxylic acids is 1. The Kier molecular flexibility index (Phi) is 9.01. The number of hydrogen-bond donors (Lipinski definition) is 0. The van der Waals surface area contributed by atoms with Crippen LogP contribution >= 0.6 is 0 Å². The zero-order valence-corrected chi connectivity index (χ0v) is 20.5. The van der Waals surface area contributed by atoms with Gasteiger partial charge >= 0.3 is 5.91 Å². The van der Waals surface area contributed by atoms with Gasteiger partial charge in [0.05, 0.1) is 6.67 Å². The van der Waals surface area contributed by atoms with Crippen molar-refractivity contribution in [2.45, 2.75) is 71.3 Å². The summed E-state index contributed by atoms with van der Waals surface area (Å²) in [6, 6.07) is 8.46. The van der Waals surface area contributed by atoms with Crippen LogP contribution in [0.15, 0.2) is 49.1 Å². The van der Waals surface area contributed by atoms with Crippen LogP contribution < -0.4 is 9.13 Å². The highest BCUT2D eigenvalue weighted by Crippen LogP contribution is 2.26. The normalized spacial score (nSPS) is 17.7. The van der Waals surface area contributed by atoms with Crippen molar-refractivity contribution in [2.75, 3.05) is 32.8 Å². The summed E-state index contributed by atoms with van der Waals surface area (Å²) in [5.41, 5.74) is 2.34. The van der Waals surface area contributed by atoms with E-state index in [9.17, 15) is 4.79 Å². The summed E-state index contributed by atoms with van der Waals surface area (Å²) in [4.78, 5) is 17.6. The van der Waals surface area contributed by atoms with Gasteiger partial charge in [-0.25, -0.2) is 9.36 Å². The van der Waals surface area contributed by atoms with Gasteiger partial charge in [-0.15, -0.1) is 4.57 Å². The van der Waals surface area contributed by atoms with Gasteiger partial charge in [-0.2, -0.15) is 0 Å².